The Morgan fingerprint density at radius 1 is 1.29 bits per heavy atom. The Morgan fingerprint density at radius 3 is 2.77 bits per heavy atom. The Hall–Kier alpha value is -3.11. The first-order chi connectivity index (χ1) is 15.0. The van der Waals surface area contributed by atoms with Crippen molar-refractivity contribution < 1.29 is 19.1 Å². The fourth-order valence-electron chi connectivity index (χ4n) is 2.73. The van der Waals surface area contributed by atoms with E-state index in [0.717, 1.165) is 5.75 Å². The largest absolute Gasteiger partial charge is 0.483 e. The van der Waals surface area contributed by atoms with Crippen molar-refractivity contribution in [1.82, 2.24) is 14.8 Å². The Labute approximate surface area is 188 Å². The summed E-state index contributed by atoms with van der Waals surface area (Å²) in [5.41, 5.74) is 0.329. The van der Waals surface area contributed by atoms with Gasteiger partial charge in [-0.05, 0) is 30.5 Å². The van der Waals surface area contributed by atoms with Crippen molar-refractivity contribution in [1.29, 1.82) is 0 Å². The minimum absolute atomic E-state index is 0.0989. The fraction of sp³-hybridized carbons (Fsp3) is 0.238. The maximum absolute atomic E-state index is 12.4. The zero-order valence-electron chi connectivity index (χ0n) is 17.1. The first kappa shape index (κ1) is 22.6. The molecule has 0 saturated heterocycles. The maximum Gasteiger partial charge on any atom is 0.340 e. The van der Waals surface area contributed by atoms with E-state index in [-0.39, 0.29) is 17.8 Å². The number of carbonyl (C=O) groups excluding carboxylic acids is 2. The molecule has 0 bridgehead atoms. The van der Waals surface area contributed by atoms with E-state index in [1.54, 1.807) is 17.5 Å². The number of methoxy groups -OCH3 is 1. The van der Waals surface area contributed by atoms with E-state index in [1.165, 1.54) is 30.2 Å². The van der Waals surface area contributed by atoms with Gasteiger partial charge < -0.3 is 14.8 Å². The van der Waals surface area contributed by atoms with Gasteiger partial charge in [-0.1, -0.05) is 36.0 Å². The molecule has 0 fully saturated rings. The molecule has 162 valence electrons. The Bertz CT molecular complexity index is 1050. The molecule has 0 aliphatic rings. The molecule has 0 aliphatic carbocycles. The molecule has 0 saturated carbocycles. The Morgan fingerprint density at radius 2 is 2.06 bits per heavy atom. The summed E-state index contributed by atoms with van der Waals surface area (Å²) in [7, 11) is 1.30. The van der Waals surface area contributed by atoms with E-state index >= 15 is 0 Å². The fourth-order valence-corrected chi connectivity index (χ4v) is 4.28. The van der Waals surface area contributed by atoms with Crippen LogP contribution in [0.4, 0.5) is 5.00 Å². The van der Waals surface area contributed by atoms with Crippen molar-refractivity contribution in [3.05, 3.63) is 65.8 Å². The summed E-state index contributed by atoms with van der Waals surface area (Å²) in [5, 5.41) is 14.0. The number of nitrogens with one attached hydrogen (secondary N) is 1. The van der Waals surface area contributed by atoms with Gasteiger partial charge in [-0.25, -0.2) is 4.79 Å². The highest BCUT2D eigenvalue weighted by Gasteiger charge is 2.20. The van der Waals surface area contributed by atoms with Crippen LogP contribution < -0.4 is 10.1 Å². The summed E-state index contributed by atoms with van der Waals surface area (Å²) in [5.74, 6) is 0.710. The molecule has 10 heteroatoms. The van der Waals surface area contributed by atoms with Gasteiger partial charge in [0.25, 0.3) is 0 Å². The van der Waals surface area contributed by atoms with Crippen LogP contribution in [0.3, 0.4) is 0 Å². The summed E-state index contributed by atoms with van der Waals surface area (Å²) in [6.07, 6.45) is 1.40. The lowest BCUT2D eigenvalue weighted by atomic mass is 10.3. The lowest BCUT2D eigenvalue weighted by Gasteiger charge is -2.15. The number of carbonyl (C=O) groups is 2. The monoisotopic (exact) mass is 458 g/mol. The smallest absolute Gasteiger partial charge is 0.340 e. The third-order valence-electron chi connectivity index (χ3n) is 4.13. The molecular weight excluding hydrogens is 436 g/mol. The average molecular weight is 459 g/mol. The Balaban J connectivity index is 1.66. The summed E-state index contributed by atoms with van der Waals surface area (Å²) in [4.78, 5) is 24.2. The highest BCUT2D eigenvalue weighted by atomic mass is 32.2. The number of hydrogen-bond acceptors (Lipinski definition) is 8. The molecule has 2 aromatic heterocycles. The molecule has 1 amide bonds. The number of esters is 1. The van der Waals surface area contributed by atoms with Crippen LogP contribution in [0.1, 0.15) is 29.2 Å². The summed E-state index contributed by atoms with van der Waals surface area (Å²) in [6, 6.07) is 11.1. The Kier molecular flexibility index (Phi) is 7.85. The molecule has 1 unspecified atom stereocenters. The number of amides is 1. The molecule has 1 aromatic carbocycles. The second kappa shape index (κ2) is 10.8. The average Bonchev–Trinajstić information content (AvgIpc) is 3.40. The van der Waals surface area contributed by atoms with Gasteiger partial charge in [0.15, 0.2) is 17.1 Å². The number of aromatic nitrogens is 3. The van der Waals surface area contributed by atoms with E-state index in [1.807, 2.05) is 41.8 Å². The molecule has 2 heterocycles. The lowest BCUT2D eigenvalue weighted by Crippen LogP contribution is -2.16. The first-order valence-electron chi connectivity index (χ1n) is 9.37. The van der Waals surface area contributed by atoms with Crippen LogP contribution in [0.15, 0.2) is 59.6 Å². The predicted octanol–water partition coefficient (Wildman–Crippen LogP) is 4.18. The highest BCUT2D eigenvalue weighted by Crippen LogP contribution is 2.26. The number of allylic oxidation sites excluding steroid dienone is 1. The second-order valence-corrected chi connectivity index (χ2v) is 8.16. The van der Waals surface area contributed by atoms with E-state index in [0.29, 0.717) is 28.1 Å². The van der Waals surface area contributed by atoms with Crippen molar-refractivity contribution in [3.63, 3.8) is 0 Å². The number of thiophene rings is 1. The standard InChI is InChI=1S/C21H22N4O4S2/c1-4-11-25-18(14(2)29-15-8-6-5-7-9-15)23-24-21(25)31-13-17(26)22-19-16(10-12-30-19)20(27)28-3/h4-10,12,14H,1,11,13H2,2-3H3,(H,22,26). The van der Waals surface area contributed by atoms with E-state index < -0.39 is 5.97 Å². The zero-order chi connectivity index (χ0) is 22.2. The molecule has 8 nitrogen and oxygen atoms in total. The van der Waals surface area contributed by atoms with Crippen LogP contribution in [0.2, 0.25) is 0 Å². The van der Waals surface area contributed by atoms with Gasteiger partial charge in [-0.3, -0.25) is 9.36 Å². The predicted molar refractivity (Wildman–Crippen MR) is 121 cm³/mol. The minimum atomic E-state index is -0.494. The van der Waals surface area contributed by atoms with Crippen molar-refractivity contribution >= 4 is 40.0 Å². The topological polar surface area (TPSA) is 95.3 Å². The number of hydrogen-bond donors (Lipinski definition) is 1. The molecule has 0 radical (unpaired) electrons. The number of thioether (sulfide) groups is 1. The van der Waals surface area contributed by atoms with Gasteiger partial charge in [0, 0.05) is 6.54 Å². The van der Waals surface area contributed by atoms with Crippen LogP contribution in [0, 0.1) is 0 Å². The number of ether oxygens (including phenoxy) is 2. The van der Waals surface area contributed by atoms with Gasteiger partial charge in [0.05, 0.1) is 18.4 Å². The summed E-state index contributed by atoms with van der Waals surface area (Å²) >= 11 is 2.50. The van der Waals surface area contributed by atoms with Crippen LogP contribution in [0.25, 0.3) is 0 Å². The quantitative estimate of drug-likeness (QED) is 0.277. The van der Waals surface area contributed by atoms with Gasteiger partial charge in [0.2, 0.25) is 5.91 Å². The molecule has 1 N–H and O–H groups in total. The molecular formula is C21H22N4O4S2. The number of nitrogens with zero attached hydrogens (tertiary/aromatic N) is 3. The third kappa shape index (κ3) is 5.74. The molecule has 3 rings (SSSR count). The molecule has 1 atom stereocenters. The van der Waals surface area contributed by atoms with Gasteiger partial charge in [0.1, 0.15) is 10.8 Å². The van der Waals surface area contributed by atoms with E-state index in [2.05, 4.69) is 22.1 Å². The van der Waals surface area contributed by atoms with Crippen LogP contribution in [-0.2, 0) is 16.1 Å². The highest BCUT2D eigenvalue weighted by molar-refractivity contribution is 7.99. The van der Waals surface area contributed by atoms with Crippen LogP contribution >= 0.6 is 23.1 Å². The van der Waals surface area contributed by atoms with Crippen molar-refractivity contribution in [2.75, 3.05) is 18.2 Å². The number of benzene rings is 1. The summed E-state index contributed by atoms with van der Waals surface area (Å²) < 4.78 is 12.5. The summed E-state index contributed by atoms with van der Waals surface area (Å²) in [6.45, 7) is 6.16. The maximum atomic E-state index is 12.4. The van der Waals surface area contributed by atoms with Crippen molar-refractivity contribution in [2.45, 2.75) is 24.7 Å². The molecule has 0 aliphatic heterocycles. The van der Waals surface area contributed by atoms with Gasteiger partial charge in [-0.2, -0.15) is 0 Å². The van der Waals surface area contributed by atoms with Crippen molar-refractivity contribution in [2.24, 2.45) is 0 Å². The van der Waals surface area contributed by atoms with Crippen molar-refractivity contribution in [3.8, 4) is 5.75 Å². The van der Waals surface area contributed by atoms with Gasteiger partial charge in [-0.15, -0.1) is 28.1 Å². The minimum Gasteiger partial charge on any atom is -0.483 e. The van der Waals surface area contributed by atoms with E-state index in [4.69, 9.17) is 9.47 Å². The molecule has 31 heavy (non-hydrogen) atoms. The zero-order valence-corrected chi connectivity index (χ0v) is 18.7. The SMILES string of the molecule is C=CCn1c(SCC(=O)Nc2sccc2C(=O)OC)nnc1C(C)Oc1ccccc1. The normalized spacial score (nSPS) is 11.5. The number of anilines is 1. The van der Waals surface area contributed by atoms with Crippen LogP contribution in [-0.4, -0.2) is 39.5 Å². The van der Waals surface area contributed by atoms with Crippen LogP contribution in [0.5, 0.6) is 5.75 Å². The number of para-hydroxylation sites is 1. The first-order valence-corrected chi connectivity index (χ1v) is 11.2. The van der Waals surface area contributed by atoms with E-state index in [9.17, 15) is 9.59 Å². The second-order valence-electron chi connectivity index (χ2n) is 6.31. The molecule has 0 spiro atoms. The number of rotatable bonds is 10. The lowest BCUT2D eigenvalue weighted by molar-refractivity contribution is -0.113. The molecule has 3 aromatic rings. The third-order valence-corrected chi connectivity index (χ3v) is 5.93. The van der Waals surface area contributed by atoms with Gasteiger partial charge >= 0.3 is 5.97 Å².